The molecule has 0 aliphatic rings. The second-order valence-corrected chi connectivity index (χ2v) is 4.52. The molecule has 7 heteroatoms. The fourth-order valence-corrected chi connectivity index (χ4v) is 2.04. The molecule has 0 saturated carbocycles. The van der Waals surface area contributed by atoms with Gasteiger partial charge in [0.25, 0.3) is 0 Å². The maximum absolute atomic E-state index is 11.6. The van der Waals surface area contributed by atoms with Gasteiger partial charge in [-0.2, -0.15) is 0 Å². The molecule has 0 amide bonds. The number of hydrogen-bond donors (Lipinski definition) is 0. The molecule has 0 radical (unpaired) electrons. The van der Waals surface area contributed by atoms with Crippen LogP contribution in [0.2, 0.25) is 0 Å². The van der Waals surface area contributed by atoms with Gasteiger partial charge in [0.15, 0.2) is 0 Å². The summed E-state index contributed by atoms with van der Waals surface area (Å²) in [6.07, 6.45) is 0. The molecule has 96 valence electrons. The van der Waals surface area contributed by atoms with Crippen molar-refractivity contribution in [3.63, 3.8) is 0 Å². The molecule has 2 aromatic carbocycles. The van der Waals surface area contributed by atoms with E-state index in [0.717, 1.165) is 0 Å². The fraction of sp³-hybridized carbons (Fsp3) is 0. The van der Waals surface area contributed by atoms with E-state index in [-0.39, 0.29) is 47.0 Å². The number of para-hydroxylation sites is 2. The molecule has 0 aromatic heterocycles. The molecule has 0 atom stereocenters. The van der Waals surface area contributed by atoms with Gasteiger partial charge in [-0.25, -0.2) is 4.57 Å². The summed E-state index contributed by atoms with van der Waals surface area (Å²) in [5, 5.41) is 0. The first-order chi connectivity index (χ1) is 8.16. The third-order valence-electron chi connectivity index (χ3n) is 1.92. The van der Waals surface area contributed by atoms with Crippen LogP contribution in [0.5, 0.6) is 11.5 Å². The summed E-state index contributed by atoms with van der Waals surface area (Å²) in [4.78, 5) is 11.6. The van der Waals surface area contributed by atoms with Crippen LogP contribution in [0.3, 0.4) is 0 Å². The van der Waals surface area contributed by atoms with Crippen LogP contribution < -0.4 is 26.3 Å². The van der Waals surface area contributed by atoms with Gasteiger partial charge in [-0.05, 0) is 24.3 Å². The summed E-state index contributed by atoms with van der Waals surface area (Å²) >= 11 is 0. The Morgan fingerprint density at radius 1 is 0.789 bits per heavy atom. The molecular formula is C12H10ClMgO4P. The zero-order valence-corrected chi connectivity index (χ0v) is 13.0. The van der Waals surface area contributed by atoms with E-state index in [2.05, 4.69) is 0 Å². The van der Waals surface area contributed by atoms with Crippen molar-refractivity contribution in [3.05, 3.63) is 60.7 Å². The minimum atomic E-state index is -4.39. The number of phosphoric acid groups is 1. The van der Waals surface area contributed by atoms with E-state index in [9.17, 15) is 9.46 Å². The smallest absolute Gasteiger partial charge is 1.00 e. The molecule has 19 heavy (non-hydrogen) atoms. The number of benzene rings is 2. The number of rotatable bonds is 4. The molecule has 2 aromatic rings. The van der Waals surface area contributed by atoms with Crippen LogP contribution >= 0.6 is 7.82 Å². The Kier molecular flexibility index (Phi) is 8.14. The molecule has 0 spiro atoms. The van der Waals surface area contributed by atoms with Crippen molar-refractivity contribution < 1.29 is 30.9 Å². The van der Waals surface area contributed by atoms with Crippen LogP contribution in [-0.4, -0.2) is 23.1 Å². The molecule has 4 nitrogen and oxygen atoms in total. The molecule has 0 N–H and O–H groups in total. The predicted molar refractivity (Wildman–Crippen MR) is 67.5 cm³/mol. The van der Waals surface area contributed by atoms with Crippen molar-refractivity contribution >= 4 is 30.9 Å². The number of halogens is 1. The predicted octanol–water partition coefficient (Wildman–Crippen LogP) is -0.764. The first kappa shape index (κ1) is 18.3. The van der Waals surface area contributed by atoms with E-state index < -0.39 is 7.82 Å². The van der Waals surface area contributed by atoms with E-state index in [1.807, 2.05) is 0 Å². The molecule has 0 unspecified atom stereocenters. The van der Waals surface area contributed by atoms with Crippen LogP contribution in [-0.2, 0) is 4.57 Å². The van der Waals surface area contributed by atoms with E-state index in [0.29, 0.717) is 0 Å². The van der Waals surface area contributed by atoms with Crippen LogP contribution in [0, 0.1) is 0 Å². The molecule has 0 heterocycles. The molecule has 0 fully saturated rings. The zero-order chi connectivity index (χ0) is 12.1. The quantitative estimate of drug-likeness (QED) is 0.550. The largest absolute Gasteiger partial charge is 2.00 e. The summed E-state index contributed by atoms with van der Waals surface area (Å²) in [5.41, 5.74) is 0. The van der Waals surface area contributed by atoms with Crippen molar-refractivity contribution in [2.45, 2.75) is 0 Å². The van der Waals surface area contributed by atoms with E-state index in [1.165, 1.54) is 0 Å². The maximum Gasteiger partial charge on any atom is 2.00 e. The van der Waals surface area contributed by atoms with Gasteiger partial charge in [-0.1, -0.05) is 36.4 Å². The standard InChI is InChI=1S/C12H11O4P.ClH.Mg/c13-17(14,15-11-7-3-1-4-8-11)16-12-9-5-2-6-10-12;;/h1-10H,(H,13,14);1H;/q;;+2/p-2. The summed E-state index contributed by atoms with van der Waals surface area (Å²) in [6, 6.07) is 16.4. The molecule has 0 aliphatic carbocycles. The normalized spacial score (nSPS) is 9.74. The van der Waals surface area contributed by atoms with Gasteiger partial charge in [0, 0.05) is 0 Å². The zero-order valence-electron chi connectivity index (χ0n) is 9.94. The second-order valence-electron chi connectivity index (χ2n) is 3.26. The average molecular weight is 309 g/mol. The summed E-state index contributed by atoms with van der Waals surface area (Å²) in [5.74, 6) is 0.448. The Morgan fingerprint density at radius 2 is 1.11 bits per heavy atom. The van der Waals surface area contributed by atoms with Gasteiger partial charge >= 0.3 is 30.9 Å². The molecular weight excluding hydrogens is 299 g/mol. The van der Waals surface area contributed by atoms with Gasteiger partial charge in [-0.3, -0.25) is 0 Å². The summed E-state index contributed by atoms with van der Waals surface area (Å²) in [6.45, 7) is 0. The third-order valence-corrected chi connectivity index (χ3v) is 2.79. The second kappa shape index (κ2) is 8.46. The van der Waals surface area contributed by atoms with Crippen molar-refractivity contribution in [1.82, 2.24) is 0 Å². The Hall–Kier alpha value is -0.714. The first-order valence-corrected chi connectivity index (χ1v) is 6.42. The van der Waals surface area contributed by atoms with E-state index in [4.69, 9.17) is 9.05 Å². The Bertz CT molecular complexity index is 478. The molecule has 0 aliphatic heterocycles. The van der Waals surface area contributed by atoms with Crippen LogP contribution in [0.15, 0.2) is 60.7 Å². The number of phosphoric ester groups is 1. The first-order valence-electron chi connectivity index (χ1n) is 4.96. The van der Waals surface area contributed by atoms with Crippen molar-refractivity contribution in [2.24, 2.45) is 0 Å². The average Bonchev–Trinajstić information content (AvgIpc) is 2.30. The van der Waals surface area contributed by atoms with Crippen molar-refractivity contribution in [2.75, 3.05) is 0 Å². The Morgan fingerprint density at radius 3 is 1.42 bits per heavy atom. The Balaban J connectivity index is 0.00000162. The molecule has 2 rings (SSSR count). The van der Waals surface area contributed by atoms with Gasteiger partial charge in [0.1, 0.15) is 11.5 Å². The summed E-state index contributed by atoms with van der Waals surface area (Å²) in [7, 11) is -4.39. The van der Waals surface area contributed by atoms with Crippen LogP contribution in [0.4, 0.5) is 0 Å². The Labute approximate surface area is 133 Å². The van der Waals surface area contributed by atoms with E-state index in [1.54, 1.807) is 60.7 Å². The van der Waals surface area contributed by atoms with Crippen LogP contribution in [0.25, 0.3) is 0 Å². The van der Waals surface area contributed by atoms with Gasteiger partial charge < -0.3 is 26.3 Å². The number of hydrogen-bond acceptors (Lipinski definition) is 4. The SMILES string of the molecule is O=P([O-])(Oc1ccccc1)Oc1ccccc1.[Cl-].[Mg+2]. The van der Waals surface area contributed by atoms with Crippen molar-refractivity contribution in [3.8, 4) is 11.5 Å². The minimum absolute atomic E-state index is 0. The molecule has 0 bridgehead atoms. The van der Waals surface area contributed by atoms with Crippen LogP contribution in [0.1, 0.15) is 0 Å². The minimum Gasteiger partial charge on any atom is -1.00 e. The van der Waals surface area contributed by atoms with Crippen molar-refractivity contribution in [1.29, 1.82) is 0 Å². The van der Waals surface area contributed by atoms with Gasteiger partial charge in [0.2, 0.25) is 0 Å². The van der Waals surface area contributed by atoms with Gasteiger partial charge in [0.05, 0.1) is 0 Å². The molecule has 0 saturated heterocycles. The maximum atomic E-state index is 11.6. The third kappa shape index (κ3) is 6.32. The topological polar surface area (TPSA) is 58.6 Å². The van der Waals surface area contributed by atoms with E-state index >= 15 is 0 Å². The van der Waals surface area contributed by atoms with Gasteiger partial charge in [-0.15, -0.1) is 0 Å². The monoisotopic (exact) mass is 308 g/mol. The summed E-state index contributed by atoms with van der Waals surface area (Å²) < 4.78 is 21.1. The fourth-order valence-electron chi connectivity index (χ4n) is 1.24.